The van der Waals surface area contributed by atoms with Crippen LogP contribution in [-0.2, 0) is 6.42 Å². The Kier molecular flexibility index (Phi) is 4.05. The molecule has 2 aliphatic rings. The lowest BCUT2D eigenvalue weighted by Gasteiger charge is -2.28. The van der Waals surface area contributed by atoms with Crippen LogP contribution in [0.5, 0.6) is 0 Å². The summed E-state index contributed by atoms with van der Waals surface area (Å²) < 4.78 is 0. The van der Waals surface area contributed by atoms with E-state index in [4.69, 9.17) is 0 Å². The second-order valence-corrected chi connectivity index (χ2v) is 5.76. The van der Waals surface area contributed by atoms with Crippen molar-refractivity contribution in [2.24, 2.45) is 0 Å². The molecule has 2 saturated heterocycles. The number of aromatic nitrogens is 2. The summed E-state index contributed by atoms with van der Waals surface area (Å²) in [5.74, 6) is 2.12. The highest BCUT2D eigenvalue weighted by Crippen LogP contribution is 2.28. The van der Waals surface area contributed by atoms with Gasteiger partial charge in [-0.3, -0.25) is 4.90 Å². The molecule has 3 heterocycles. The van der Waals surface area contributed by atoms with Crippen LogP contribution in [-0.4, -0.2) is 54.1 Å². The van der Waals surface area contributed by atoms with Gasteiger partial charge in [-0.05, 0) is 32.2 Å². The summed E-state index contributed by atoms with van der Waals surface area (Å²) in [4.78, 5) is 14.1. The van der Waals surface area contributed by atoms with Gasteiger partial charge in [-0.15, -0.1) is 0 Å². The molecule has 0 bridgehead atoms. The molecular formula is C15H25N5. The van der Waals surface area contributed by atoms with E-state index in [0.717, 1.165) is 37.2 Å². The van der Waals surface area contributed by atoms with Crippen LogP contribution in [0.2, 0.25) is 0 Å². The lowest BCUT2D eigenvalue weighted by Crippen LogP contribution is -2.37. The second kappa shape index (κ2) is 5.95. The van der Waals surface area contributed by atoms with Crippen molar-refractivity contribution in [3.8, 4) is 0 Å². The third kappa shape index (κ3) is 2.46. The van der Waals surface area contributed by atoms with Crippen LogP contribution >= 0.6 is 0 Å². The van der Waals surface area contributed by atoms with E-state index in [1.807, 2.05) is 7.05 Å². The molecule has 0 aliphatic carbocycles. The Labute approximate surface area is 121 Å². The molecule has 20 heavy (non-hydrogen) atoms. The Morgan fingerprint density at radius 2 is 2.10 bits per heavy atom. The van der Waals surface area contributed by atoms with E-state index < -0.39 is 0 Å². The lowest BCUT2D eigenvalue weighted by molar-refractivity contribution is 0.273. The summed E-state index contributed by atoms with van der Waals surface area (Å²) in [7, 11) is 1.94. The molecule has 0 spiro atoms. The SMILES string of the molecule is CCc1c(NC)ncnc1N1CCCN2CCCC2C1. The summed E-state index contributed by atoms with van der Waals surface area (Å²) in [6.07, 6.45) is 6.58. The van der Waals surface area contributed by atoms with Crippen molar-refractivity contribution in [3.63, 3.8) is 0 Å². The number of anilines is 2. The van der Waals surface area contributed by atoms with Crippen molar-refractivity contribution in [2.75, 3.05) is 43.4 Å². The molecule has 0 saturated carbocycles. The third-order valence-corrected chi connectivity index (χ3v) is 4.62. The molecular weight excluding hydrogens is 250 g/mol. The van der Waals surface area contributed by atoms with Crippen molar-refractivity contribution >= 4 is 11.6 Å². The van der Waals surface area contributed by atoms with E-state index in [1.165, 1.54) is 37.9 Å². The van der Waals surface area contributed by atoms with Crippen LogP contribution in [0.15, 0.2) is 6.33 Å². The van der Waals surface area contributed by atoms with Gasteiger partial charge in [0.2, 0.25) is 0 Å². The summed E-state index contributed by atoms with van der Waals surface area (Å²) >= 11 is 0. The smallest absolute Gasteiger partial charge is 0.137 e. The number of nitrogens with zero attached hydrogens (tertiary/aromatic N) is 4. The van der Waals surface area contributed by atoms with Gasteiger partial charge in [-0.2, -0.15) is 0 Å². The second-order valence-electron chi connectivity index (χ2n) is 5.76. The Bertz CT molecular complexity index is 462. The van der Waals surface area contributed by atoms with Crippen LogP contribution < -0.4 is 10.2 Å². The van der Waals surface area contributed by atoms with Gasteiger partial charge in [0.25, 0.3) is 0 Å². The molecule has 1 aromatic heterocycles. The monoisotopic (exact) mass is 275 g/mol. The highest BCUT2D eigenvalue weighted by molar-refractivity contribution is 5.58. The first kappa shape index (κ1) is 13.6. The van der Waals surface area contributed by atoms with Crippen LogP contribution in [0.3, 0.4) is 0 Å². The van der Waals surface area contributed by atoms with E-state index in [1.54, 1.807) is 6.33 Å². The fraction of sp³-hybridized carbons (Fsp3) is 0.733. The first-order valence-electron chi connectivity index (χ1n) is 7.84. The van der Waals surface area contributed by atoms with Crippen molar-refractivity contribution in [2.45, 2.75) is 38.6 Å². The maximum Gasteiger partial charge on any atom is 0.137 e. The van der Waals surface area contributed by atoms with Crippen LogP contribution in [0.4, 0.5) is 11.6 Å². The zero-order chi connectivity index (χ0) is 13.9. The summed E-state index contributed by atoms with van der Waals surface area (Å²) in [6.45, 7) is 6.94. The van der Waals surface area contributed by atoms with Crippen LogP contribution in [0.1, 0.15) is 31.7 Å². The molecule has 0 radical (unpaired) electrons. The largest absolute Gasteiger partial charge is 0.373 e. The molecule has 0 amide bonds. The van der Waals surface area contributed by atoms with Crippen molar-refractivity contribution < 1.29 is 0 Å². The maximum absolute atomic E-state index is 4.59. The standard InChI is InChI=1S/C15H25N5/c1-3-13-14(16-2)17-11-18-15(13)20-9-5-8-19-7-4-6-12(19)10-20/h11-12H,3-10H2,1-2H3,(H,16,17,18). The fourth-order valence-electron chi connectivity index (χ4n) is 3.62. The molecule has 5 heteroatoms. The summed E-state index contributed by atoms with van der Waals surface area (Å²) in [5, 5.41) is 3.20. The predicted molar refractivity (Wildman–Crippen MR) is 82.4 cm³/mol. The van der Waals surface area contributed by atoms with Gasteiger partial charge < -0.3 is 10.2 Å². The number of hydrogen-bond donors (Lipinski definition) is 1. The Balaban J connectivity index is 1.87. The average molecular weight is 275 g/mol. The van der Waals surface area contributed by atoms with E-state index in [9.17, 15) is 0 Å². The Morgan fingerprint density at radius 3 is 2.90 bits per heavy atom. The zero-order valence-corrected chi connectivity index (χ0v) is 12.6. The number of hydrogen-bond acceptors (Lipinski definition) is 5. The fourth-order valence-corrected chi connectivity index (χ4v) is 3.62. The van der Waals surface area contributed by atoms with Crippen molar-refractivity contribution in [3.05, 3.63) is 11.9 Å². The molecule has 1 N–H and O–H groups in total. The minimum Gasteiger partial charge on any atom is -0.373 e. The van der Waals surface area contributed by atoms with E-state index >= 15 is 0 Å². The normalized spacial score (nSPS) is 23.5. The van der Waals surface area contributed by atoms with Crippen molar-refractivity contribution in [1.29, 1.82) is 0 Å². The highest BCUT2D eigenvalue weighted by atomic mass is 15.3. The number of rotatable bonds is 3. The van der Waals surface area contributed by atoms with Gasteiger partial charge in [0, 0.05) is 38.3 Å². The van der Waals surface area contributed by atoms with Gasteiger partial charge in [0.1, 0.15) is 18.0 Å². The Morgan fingerprint density at radius 1 is 1.25 bits per heavy atom. The van der Waals surface area contributed by atoms with E-state index in [-0.39, 0.29) is 0 Å². The van der Waals surface area contributed by atoms with Gasteiger partial charge in [0.15, 0.2) is 0 Å². The predicted octanol–water partition coefficient (Wildman–Crippen LogP) is 1.76. The maximum atomic E-state index is 4.59. The van der Waals surface area contributed by atoms with Crippen LogP contribution in [0.25, 0.3) is 0 Å². The molecule has 5 nitrogen and oxygen atoms in total. The molecule has 1 unspecified atom stereocenters. The topological polar surface area (TPSA) is 44.3 Å². The number of nitrogens with one attached hydrogen (secondary N) is 1. The average Bonchev–Trinajstić information content (AvgIpc) is 2.83. The molecule has 0 aromatic carbocycles. The molecule has 1 aromatic rings. The minimum absolute atomic E-state index is 0.718. The van der Waals surface area contributed by atoms with E-state index in [0.29, 0.717) is 0 Å². The van der Waals surface area contributed by atoms with E-state index in [2.05, 4.69) is 32.0 Å². The first-order valence-corrected chi connectivity index (χ1v) is 7.84. The molecule has 2 fully saturated rings. The van der Waals surface area contributed by atoms with Crippen LogP contribution in [0, 0.1) is 0 Å². The molecule has 2 aliphatic heterocycles. The van der Waals surface area contributed by atoms with Gasteiger partial charge in [-0.25, -0.2) is 9.97 Å². The molecule has 110 valence electrons. The first-order chi connectivity index (χ1) is 9.83. The summed E-state index contributed by atoms with van der Waals surface area (Å²) in [6, 6.07) is 0.718. The third-order valence-electron chi connectivity index (χ3n) is 4.62. The lowest BCUT2D eigenvalue weighted by atomic mass is 10.1. The quantitative estimate of drug-likeness (QED) is 0.910. The zero-order valence-electron chi connectivity index (χ0n) is 12.6. The van der Waals surface area contributed by atoms with Gasteiger partial charge in [0.05, 0.1) is 0 Å². The summed E-state index contributed by atoms with van der Waals surface area (Å²) in [5.41, 5.74) is 1.25. The highest BCUT2D eigenvalue weighted by Gasteiger charge is 2.30. The van der Waals surface area contributed by atoms with Crippen molar-refractivity contribution in [1.82, 2.24) is 14.9 Å². The minimum atomic E-state index is 0.718. The van der Waals surface area contributed by atoms with Gasteiger partial charge >= 0.3 is 0 Å². The molecule has 3 rings (SSSR count). The number of fused-ring (bicyclic) bond motifs is 1. The van der Waals surface area contributed by atoms with Gasteiger partial charge in [-0.1, -0.05) is 6.92 Å². The Hall–Kier alpha value is -1.36. The molecule has 1 atom stereocenters.